The minimum Gasteiger partial charge on any atom is -0.496 e. The maximum atomic E-state index is 12.7. The maximum absolute atomic E-state index is 12.7. The highest BCUT2D eigenvalue weighted by Crippen LogP contribution is 2.26. The zero-order valence-electron chi connectivity index (χ0n) is 13.9. The van der Waals surface area contributed by atoms with Crippen molar-refractivity contribution in [2.45, 2.75) is 18.2 Å². The summed E-state index contributed by atoms with van der Waals surface area (Å²) in [5, 5.41) is 2.75. The van der Waals surface area contributed by atoms with Crippen molar-refractivity contribution in [2.75, 3.05) is 18.4 Å². The number of sulfonamides is 1. The standard InChI is InChI=1S/C17H19IN2O4S/c1-3-10-19-17(21)13-6-4-5-7-15(13)20-25(22,23)12-8-9-16(24-2)14(18)11-12/h4-9,11,20H,3,10H2,1-2H3,(H,19,21). The molecular formula is C17H19IN2O4S. The van der Waals surface area contributed by atoms with E-state index in [1.54, 1.807) is 30.3 Å². The van der Waals surface area contributed by atoms with E-state index in [-0.39, 0.29) is 22.1 Å². The van der Waals surface area contributed by atoms with Gasteiger partial charge in [-0.15, -0.1) is 0 Å². The van der Waals surface area contributed by atoms with Gasteiger partial charge in [-0.05, 0) is 59.3 Å². The summed E-state index contributed by atoms with van der Waals surface area (Å²) in [5.74, 6) is 0.281. The first-order valence-corrected chi connectivity index (χ1v) is 10.2. The van der Waals surface area contributed by atoms with E-state index in [9.17, 15) is 13.2 Å². The topological polar surface area (TPSA) is 84.5 Å². The van der Waals surface area contributed by atoms with Crippen LogP contribution in [0.15, 0.2) is 47.4 Å². The molecule has 0 aliphatic rings. The number of para-hydroxylation sites is 1. The largest absolute Gasteiger partial charge is 0.496 e. The number of nitrogens with one attached hydrogen (secondary N) is 2. The monoisotopic (exact) mass is 474 g/mol. The zero-order chi connectivity index (χ0) is 18.4. The Morgan fingerprint density at radius 1 is 1.20 bits per heavy atom. The van der Waals surface area contributed by atoms with Crippen molar-refractivity contribution in [3.63, 3.8) is 0 Å². The van der Waals surface area contributed by atoms with Crippen LogP contribution in [0.4, 0.5) is 5.69 Å². The van der Waals surface area contributed by atoms with Gasteiger partial charge >= 0.3 is 0 Å². The minimum atomic E-state index is -3.83. The lowest BCUT2D eigenvalue weighted by Crippen LogP contribution is -2.25. The Morgan fingerprint density at radius 2 is 1.92 bits per heavy atom. The van der Waals surface area contributed by atoms with Gasteiger partial charge < -0.3 is 10.1 Å². The Kier molecular flexibility index (Phi) is 6.65. The minimum absolute atomic E-state index is 0.0986. The maximum Gasteiger partial charge on any atom is 0.261 e. The van der Waals surface area contributed by atoms with Crippen LogP contribution in [0.2, 0.25) is 0 Å². The molecule has 0 atom stereocenters. The second-order valence-corrected chi connectivity index (χ2v) is 8.05. The molecule has 2 aromatic rings. The van der Waals surface area contributed by atoms with Crippen molar-refractivity contribution in [1.82, 2.24) is 5.32 Å². The lowest BCUT2D eigenvalue weighted by Gasteiger charge is -2.13. The molecule has 8 heteroatoms. The average molecular weight is 474 g/mol. The van der Waals surface area contributed by atoms with E-state index in [0.717, 1.165) is 6.42 Å². The van der Waals surface area contributed by atoms with E-state index in [0.29, 0.717) is 15.9 Å². The fourth-order valence-corrected chi connectivity index (χ4v) is 4.17. The summed E-state index contributed by atoms with van der Waals surface area (Å²) in [4.78, 5) is 12.3. The molecule has 134 valence electrons. The van der Waals surface area contributed by atoms with E-state index < -0.39 is 10.0 Å². The van der Waals surface area contributed by atoms with Crippen LogP contribution >= 0.6 is 22.6 Å². The van der Waals surface area contributed by atoms with Crippen molar-refractivity contribution >= 4 is 44.2 Å². The summed E-state index contributed by atoms with van der Waals surface area (Å²) in [6.07, 6.45) is 0.796. The smallest absolute Gasteiger partial charge is 0.261 e. The van der Waals surface area contributed by atoms with E-state index in [1.165, 1.54) is 19.2 Å². The van der Waals surface area contributed by atoms with Crippen molar-refractivity contribution in [3.05, 3.63) is 51.6 Å². The third-order valence-corrected chi connectivity index (χ3v) is 5.59. The number of anilines is 1. The summed E-state index contributed by atoms with van der Waals surface area (Å²) >= 11 is 2.01. The molecule has 2 aromatic carbocycles. The first-order valence-electron chi connectivity index (χ1n) is 7.62. The van der Waals surface area contributed by atoms with Crippen LogP contribution in [0.25, 0.3) is 0 Å². The van der Waals surface area contributed by atoms with Crippen LogP contribution < -0.4 is 14.8 Å². The van der Waals surface area contributed by atoms with E-state index in [2.05, 4.69) is 10.0 Å². The Bertz CT molecular complexity index is 869. The summed E-state index contributed by atoms with van der Waals surface area (Å²) in [7, 11) is -2.30. The molecule has 0 aliphatic carbocycles. The number of methoxy groups -OCH3 is 1. The molecule has 1 amide bonds. The van der Waals surface area contributed by atoms with Gasteiger partial charge in [0.1, 0.15) is 5.75 Å². The predicted octanol–water partition coefficient (Wildman–Crippen LogP) is 3.24. The van der Waals surface area contributed by atoms with Crippen molar-refractivity contribution in [1.29, 1.82) is 0 Å². The molecule has 0 aromatic heterocycles. The summed E-state index contributed by atoms with van der Waals surface area (Å²) in [5.41, 5.74) is 0.518. The summed E-state index contributed by atoms with van der Waals surface area (Å²) in [6.45, 7) is 2.47. The molecule has 25 heavy (non-hydrogen) atoms. The number of ether oxygens (including phenoxy) is 1. The van der Waals surface area contributed by atoms with Crippen LogP contribution in [-0.2, 0) is 10.0 Å². The molecule has 0 saturated heterocycles. The van der Waals surface area contributed by atoms with Gasteiger partial charge in [0.05, 0.1) is 26.8 Å². The van der Waals surface area contributed by atoms with Crippen molar-refractivity contribution in [3.8, 4) is 5.75 Å². The fourth-order valence-electron chi connectivity index (χ4n) is 2.12. The Balaban J connectivity index is 2.32. The predicted molar refractivity (Wildman–Crippen MR) is 106 cm³/mol. The molecule has 6 nitrogen and oxygen atoms in total. The third-order valence-electron chi connectivity index (χ3n) is 3.39. The van der Waals surface area contributed by atoms with Gasteiger partial charge in [0, 0.05) is 6.54 Å². The van der Waals surface area contributed by atoms with E-state index >= 15 is 0 Å². The highest BCUT2D eigenvalue weighted by Gasteiger charge is 2.19. The second-order valence-electron chi connectivity index (χ2n) is 5.20. The Morgan fingerprint density at radius 3 is 2.56 bits per heavy atom. The third kappa shape index (κ3) is 4.85. The van der Waals surface area contributed by atoms with Gasteiger partial charge in [0.2, 0.25) is 0 Å². The highest BCUT2D eigenvalue weighted by molar-refractivity contribution is 14.1. The molecular weight excluding hydrogens is 455 g/mol. The van der Waals surface area contributed by atoms with Crippen LogP contribution in [0.5, 0.6) is 5.75 Å². The number of hydrogen-bond donors (Lipinski definition) is 2. The molecule has 0 aliphatic heterocycles. The van der Waals surface area contributed by atoms with Crippen LogP contribution in [0, 0.1) is 3.57 Å². The van der Waals surface area contributed by atoms with Crippen LogP contribution in [-0.4, -0.2) is 28.0 Å². The number of benzene rings is 2. The second kappa shape index (κ2) is 8.52. The van der Waals surface area contributed by atoms with Gasteiger partial charge in [-0.1, -0.05) is 19.1 Å². The molecule has 0 fully saturated rings. The van der Waals surface area contributed by atoms with Crippen molar-refractivity contribution < 1.29 is 17.9 Å². The molecule has 0 radical (unpaired) electrons. The van der Waals surface area contributed by atoms with E-state index in [4.69, 9.17) is 4.74 Å². The normalized spacial score (nSPS) is 11.0. The van der Waals surface area contributed by atoms with Gasteiger partial charge in [-0.25, -0.2) is 8.42 Å². The molecule has 0 saturated carbocycles. The number of amides is 1. The quantitative estimate of drug-likeness (QED) is 0.604. The molecule has 2 rings (SSSR count). The Hall–Kier alpha value is -1.81. The number of halogens is 1. The van der Waals surface area contributed by atoms with Gasteiger partial charge in [0.25, 0.3) is 15.9 Å². The average Bonchev–Trinajstić information content (AvgIpc) is 2.59. The SMILES string of the molecule is CCCNC(=O)c1ccccc1NS(=O)(=O)c1ccc(OC)c(I)c1. The molecule has 0 bridgehead atoms. The molecule has 0 heterocycles. The molecule has 2 N–H and O–H groups in total. The number of carbonyl (C=O) groups excluding carboxylic acids is 1. The van der Waals surface area contributed by atoms with Gasteiger partial charge in [-0.2, -0.15) is 0 Å². The molecule has 0 spiro atoms. The summed E-state index contributed by atoms with van der Waals surface area (Å²) in [6, 6.07) is 11.1. The van der Waals surface area contributed by atoms with Gasteiger partial charge in [0.15, 0.2) is 0 Å². The lowest BCUT2D eigenvalue weighted by atomic mass is 10.1. The summed E-state index contributed by atoms with van der Waals surface area (Å²) < 4.78 is 33.6. The van der Waals surface area contributed by atoms with Gasteiger partial charge in [-0.3, -0.25) is 9.52 Å². The van der Waals surface area contributed by atoms with Crippen LogP contribution in [0.1, 0.15) is 23.7 Å². The Labute approximate surface area is 161 Å². The number of hydrogen-bond acceptors (Lipinski definition) is 4. The first kappa shape index (κ1) is 19.5. The first-order chi connectivity index (χ1) is 11.9. The lowest BCUT2D eigenvalue weighted by molar-refractivity contribution is 0.0954. The zero-order valence-corrected chi connectivity index (χ0v) is 16.8. The van der Waals surface area contributed by atoms with Crippen molar-refractivity contribution in [2.24, 2.45) is 0 Å². The highest BCUT2D eigenvalue weighted by atomic mass is 127. The number of carbonyl (C=O) groups is 1. The fraction of sp³-hybridized carbons (Fsp3) is 0.235. The number of rotatable bonds is 7. The molecule has 0 unspecified atom stereocenters. The van der Waals surface area contributed by atoms with E-state index in [1.807, 2.05) is 29.5 Å². The van der Waals surface area contributed by atoms with Crippen LogP contribution in [0.3, 0.4) is 0 Å².